The molecular weight excluding hydrogens is 124 g/mol. The molecule has 0 rings (SSSR count). The molecule has 2 nitrogen and oxygen atoms in total. The lowest BCUT2D eigenvalue weighted by atomic mass is 10.1. The molecule has 0 aliphatic rings. The van der Waals surface area contributed by atoms with Crippen molar-refractivity contribution in [2.24, 2.45) is 10.9 Å². The van der Waals surface area contributed by atoms with Gasteiger partial charge >= 0.3 is 0 Å². The van der Waals surface area contributed by atoms with Crippen molar-refractivity contribution >= 4 is 5.84 Å². The molecule has 0 saturated carbocycles. The number of nitrogens with zero attached hydrogens (tertiary/aromatic N) is 1. The van der Waals surface area contributed by atoms with Crippen LogP contribution in [0.25, 0.3) is 0 Å². The van der Waals surface area contributed by atoms with Crippen LogP contribution in [-0.4, -0.2) is 18.9 Å². The van der Waals surface area contributed by atoms with E-state index in [0.29, 0.717) is 12.0 Å². The van der Waals surface area contributed by atoms with Crippen molar-refractivity contribution in [3.63, 3.8) is 0 Å². The van der Waals surface area contributed by atoms with Gasteiger partial charge in [0, 0.05) is 13.1 Å². The maximum atomic E-state index is 4.02. The summed E-state index contributed by atoms with van der Waals surface area (Å²) in [7, 11) is 1.80. The van der Waals surface area contributed by atoms with Crippen LogP contribution in [0.3, 0.4) is 0 Å². The van der Waals surface area contributed by atoms with Crippen LogP contribution >= 0.6 is 0 Å². The highest BCUT2D eigenvalue weighted by Gasteiger charge is 2.05. The number of amidine groups is 1. The number of nitrogens with one attached hydrogen (secondary N) is 1. The molecule has 1 atom stereocenters. The fraction of sp³-hybridized carbons (Fsp3) is 0.875. The number of hydrogen-bond donors (Lipinski definition) is 1. The van der Waals surface area contributed by atoms with Crippen molar-refractivity contribution < 1.29 is 0 Å². The zero-order valence-electron chi connectivity index (χ0n) is 7.60. The Labute approximate surface area is 63.7 Å². The molecule has 0 aromatic rings. The number of aliphatic imine (C=N–C) groups is 1. The van der Waals surface area contributed by atoms with Gasteiger partial charge in [-0.15, -0.1) is 0 Å². The molecule has 1 unspecified atom stereocenters. The van der Waals surface area contributed by atoms with E-state index in [-0.39, 0.29) is 0 Å². The highest BCUT2D eigenvalue weighted by Crippen LogP contribution is 1.98. The van der Waals surface area contributed by atoms with E-state index in [9.17, 15) is 0 Å². The average molecular weight is 142 g/mol. The molecule has 0 aromatic heterocycles. The van der Waals surface area contributed by atoms with E-state index in [0.717, 1.165) is 5.84 Å². The Kier molecular flexibility index (Phi) is 4.08. The van der Waals surface area contributed by atoms with Crippen LogP contribution in [0.1, 0.15) is 27.7 Å². The lowest BCUT2D eigenvalue weighted by Gasteiger charge is -2.17. The zero-order valence-corrected chi connectivity index (χ0v) is 7.60. The molecule has 0 amide bonds. The lowest BCUT2D eigenvalue weighted by Crippen LogP contribution is -2.34. The predicted molar refractivity (Wildman–Crippen MR) is 46.5 cm³/mol. The third kappa shape index (κ3) is 3.49. The summed E-state index contributed by atoms with van der Waals surface area (Å²) < 4.78 is 0. The normalized spacial score (nSPS) is 15.6. The molecule has 10 heavy (non-hydrogen) atoms. The van der Waals surface area contributed by atoms with Gasteiger partial charge in [-0.3, -0.25) is 4.99 Å². The van der Waals surface area contributed by atoms with Crippen molar-refractivity contribution in [2.45, 2.75) is 33.7 Å². The van der Waals surface area contributed by atoms with E-state index in [2.05, 4.69) is 31.1 Å². The van der Waals surface area contributed by atoms with E-state index < -0.39 is 0 Å². The van der Waals surface area contributed by atoms with E-state index in [1.54, 1.807) is 7.05 Å². The Bertz CT molecular complexity index is 116. The first-order valence-corrected chi connectivity index (χ1v) is 3.77. The predicted octanol–water partition coefficient (Wildman–Crippen LogP) is 1.67. The van der Waals surface area contributed by atoms with Crippen LogP contribution in [0.4, 0.5) is 0 Å². The smallest absolute Gasteiger partial charge is 0.0930 e. The summed E-state index contributed by atoms with van der Waals surface area (Å²) in [6, 6.07) is 0.517. The highest BCUT2D eigenvalue weighted by atomic mass is 15.0. The SMILES string of the molecule is C/N=C(/C)NC(C)C(C)C. The van der Waals surface area contributed by atoms with Gasteiger partial charge in [0.25, 0.3) is 0 Å². The molecule has 60 valence electrons. The molecule has 0 spiro atoms. The molecule has 0 fully saturated rings. The molecular formula is C8H18N2. The standard InChI is InChI=1S/C8H18N2/c1-6(2)7(3)10-8(4)9-5/h6-7H,1-5H3,(H,9,10). The van der Waals surface area contributed by atoms with E-state index in [1.165, 1.54) is 0 Å². The van der Waals surface area contributed by atoms with E-state index in [4.69, 9.17) is 0 Å². The molecule has 0 radical (unpaired) electrons. The quantitative estimate of drug-likeness (QED) is 0.460. The van der Waals surface area contributed by atoms with Crippen LogP contribution in [0.15, 0.2) is 4.99 Å². The third-order valence-electron chi connectivity index (χ3n) is 1.77. The Morgan fingerprint density at radius 2 is 1.80 bits per heavy atom. The van der Waals surface area contributed by atoms with Gasteiger partial charge in [-0.1, -0.05) is 13.8 Å². The summed E-state index contributed by atoms with van der Waals surface area (Å²) >= 11 is 0. The molecule has 1 N–H and O–H groups in total. The van der Waals surface area contributed by atoms with Gasteiger partial charge < -0.3 is 5.32 Å². The maximum absolute atomic E-state index is 4.02. The Morgan fingerprint density at radius 3 is 2.10 bits per heavy atom. The largest absolute Gasteiger partial charge is 0.371 e. The summed E-state index contributed by atoms with van der Waals surface area (Å²) in [5, 5.41) is 3.28. The fourth-order valence-electron chi connectivity index (χ4n) is 0.561. The fourth-order valence-corrected chi connectivity index (χ4v) is 0.561. The van der Waals surface area contributed by atoms with Crippen molar-refractivity contribution in [3.8, 4) is 0 Å². The molecule has 0 saturated heterocycles. The minimum atomic E-state index is 0.517. The van der Waals surface area contributed by atoms with Gasteiger partial charge in [0.2, 0.25) is 0 Å². The Hall–Kier alpha value is -0.530. The van der Waals surface area contributed by atoms with Crippen molar-refractivity contribution in [2.75, 3.05) is 7.05 Å². The van der Waals surface area contributed by atoms with Gasteiger partial charge in [0.05, 0.1) is 5.84 Å². The van der Waals surface area contributed by atoms with Crippen LogP contribution in [0, 0.1) is 5.92 Å². The van der Waals surface area contributed by atoms with Crippen LogP contribution < -0.4 is 5.32 Å². The Balaban J connectivity index is 3.68. The lowest BCUT2D eigenvalue weighted by molar-refractivity contribution is 0.486. The second-order valence-electron chi connectivity index (χ2n) is 2.99. The second kappa shape index (κ2) is 4.31. The summed E-state index contributed by atoms with van der Waals surface area (Å²) in [4.78, 5) is 4.02. The molecule has 0 aromatic carbocycles. The summed E-state index contributed by atoms with van der Waals surface area (Å²) in [6.45, 7) is 8.54. The van der Waals surface area contributed by atoms with Crippen molar-refractivity contribution in [1.29, 1.82) is 0 Å². The molecule has 0 heterocycles. The maximum Gasteiger partial charge on any atom is 0.0930 e. The number of hydrogen-bond acceptors (Lipinski definition) is 1. The van der Waals surface area contributed by atoms with Gasteiger partial charge in [-0.05, 0) is 19.8 Å². The minimum Gasteiger partial charge on any atom is -0.371 e. The average Bonchev–Trinajstić information content (AvgIpc) is 1.87. The van der Waals surface area contributed by atoms with Crippen LogP contribution in [0.5, 0.6) is 0 Å². The second-order valence-corrected chi connectivity index (χ2v) is 2.99. The van der Waals surface area contributed by atoms with Crippen LogP contribution in [-0.2, 0) is 0 Å². The zero-order chi connectivity index (χ0) is 8.15. The number of rotatable bonds is 2. The molecule has 0 aliphatic carbocycles. The van der Waals surface area contributed by atoms with Gasteiger partial charge in [0.15, 0.2) is 0 Å². The minimum absolute atomic E-state index is 0.517. The van der Waals surface area contributed by atoms with Crippen molar-refractivity contribution in [3.05, 3.63) is 0 Å². The van der Waals surface area contributed by atoms with Gasteiger partial charge in [0.1, 0.15) is 0 Å². The monoisotopic (exact) mass is 142 g/mol. The summed E-state index contributed by atoms with van der Waals surface area (Å²) in [6.07, 6.45) is 0. The van der Waals surface area contributed by atoms with Gasteiger partial charge in [-0.25, -0.2) is 0 Å². The van der Waals surface area contributed by atoms with E-state index in [1.807, 2.05) is 6.92 Å². The molecule has 2 heteroatoms. The topological polar surface area (TPSA) is 24.4 Å². The first-order valence-electron chi connectivity index (χ1n) is 3.77. The van der Waals surface area contributed by atoms with Gasteiger partial charge in [-0.2, -0.15) is 0 Å². The molecule has 0 aliphatic heterocycles. The Morgan fingerprint density at radius 1 is 1.30 bits per heavy atom. The molecule has 0 bridgehead atoms. The van der Waals surface area contributed by atoms with E-state index >= 15 is 0 Å². The first kappa shape index (κ1) is 9.47. The summed E-state index contributed by atoms with van der Waals surface area (Å²) in [5.74, 6) is 1.68. The highest BCUT2D eigenvalue weighted by molar-refractivity contribution is 5.79. The summed E-state index contributed by atoms with van der Waals surface area (Å²) in [5.41, 5.74) is 0. The van der Waals surface area contributed by atoms with Crippen molar-refractivity contribution in [1.82, 2.24) is 5.32 Å². The van der Waals surface area contributed by atoms with Crippen LogP contribution in [0.2, 0.25) is 0 Å². The first-order chi connectivity index (χ1) is 4.57. The third-order valence-corrected chi connectivity index (χ3v) is 1.77.